The monoisotopic (exact) mass is 508 g/mol. The zero-order valence-electron chi connectivity index (χ0n) is 17.6. The van der Waals surface area contributed by atoms with Gasteiger partial charge in [-0.3, -0.25) is 14.4 Å². The number of aliphatic carboxylic acids is 1. The van der Waals surface area contributed by atoms with Crippen molar-refractivity contribution in [1.82, 2.24) is 5.32 Å². The van der Waals surface area contributed by atoms with Crippen molar-refractivity contribution >= 4 is 70.7 Å². The lowest BCUT2D eigenvalue weighted by Gasteiger charge is -2.14. The fourth-order valence-corrected chi connectivity index (χ4v) is 3.38. The lowest BCUT2D eigenvalue weighted by atomic mass is 10.1. The zero-order valence-corrected chi connectivity index (χ0v) is 19.2. The van der Waals surface area contributed by atoms with Crippen molar-refractivity contribution in [1.29, 1.82) is 0 Å². The Bertz CT molecular complexity index is 1090. The summed E-state index contributed by atoms with van der Waals surface area (Å²) in [4.78, 5) is 36.0. The van der Waals surface area contributed by atoms with Gasteiger partial charge in [0, 0.05) is 28.4 Å². The van der Waals surface area contributed by atoms with Gasteiger partial charge in [0.1, 0.15) is 12.7 Å². The minimum absolute atomic E-state index is 0.103. The molecule has 2 amide bonds. The zero-order chi connectivity index (χ0) is 25.1. The van der Waals surface area contributed by atoms with Crippen molar-refractivity contribution in [3.63, 3.8) is 0 Å². The third-order valence-electron chi connectivity index (χ3n) is 4.23. The van der Waals surface area contributed by atoms with Gasteiger partial charge in [-0.15, -0.1) is 0 Å². The third-order valence-corrected chi connectivity index (χ3v) is 4.74. The van der Waals surface area contributed by atoms with Crippen LogP contribution in [0.2, 0.25) is 10.0 Å². The van der Waals surface area contributed by atoms with Crippen molar-refractivity contribution in [2.45, 2.75) is 12.8 Å². The first-order chi connectivity index (χ1) is 16.2. The molecule has 180 valence electrons. The average molecular weight is 509 g/mol. The van der Waals surface area contributed by atoms with E-state index in [4.69, 9.17) is 40.0 Å². The van der Waals surface area contributed by atoms with Crippen LogP contribution < -0.4 is 33.0 Å². The van der Waals surface area contributed by atoms with Gasteiger partial charge in [-0.05, 0) is 42.3 Å². The summed E-state index contributed by atoms with van der Waals surface area (Å²) in [6, 6.07) is 7.62. The Balaban J connectivity index is 2.12. The smallest absolute Gasteiger partial charge is 0.303 e. The number of anilines is 3. The summed E-state index contributed by atoms with van der Waals surface area (Å²) >= 11 is 12.2. The molecule has 0 aliphatic heterocycles. The first-order valence-electron chi connectivity index (χ1n) is 9.63. The number of amides is 2. The predicted molar refractivity (Wildman–Crippen MR) is 132 cm³/mol. The second-order valence-electron chi connectivity index (χ2n) is 6.69. The van der Waals surface area contributed by atoms with E-state index >= 15 is 0 Å². The number of rotatable bonds is 11. The molecule has 2 aromatic rings. The fraction of sp³-hybridized carbons (Fsp3) is 0.150. The Labute approximate surface area is 204 Å². The van der Waals surface area contributed by atoms with Crippen LogP contribution in [0.3, 0.4) is 0 Å². The number of hydrogen-bond donors (Lipinski definition) is 7. The lowest BCUT2D eigenvalue weighted by Crippen LogP contribution is -2.33. The molecule has 12 nitrogen and oxygen atoms in total. The van der Waals surface area contributed by atoms with Crippen molar-refractivity contribution in [2.24, 2.45) is 21.9 Å². The molecule has 0 spiro atoms. The number of hydrazone groups is 2. The Hall–Kier alpha value is -4.03. The Kier molecular flexibility index (Phi) is 9.92. The van der Waals surface area contributed by atoms with E-state index in [0.717, 1.165) is 0 Å². The fourth-order valence-electron chi connectivity index (χ4n) is 2.80. The molecule has 0 unspecified atom stereocenters. The lowest BCUT2D eigenvalue weighted by molar-refractivity contribution is -0.137. The number of nitrogens with one attached hydrogen (secondary N) is 4. The number of halogens is 2. The van der Waals surface area contributed by atoms with Crippen LogP contribution in [0.25, 0.3) is 0 Å². The standard InChI is InChI=1S/C20H22Cl2N8O4/c21-13-3-11(1-2-18(32)33)19(16(22)6-13)30-17(31)8-25-20(34)12-4-14(26-9-28-23)7-15(5-12)27-10-29-24/h3-7,9-10H,1-2,8,23-24H2,(H,25,34)(H,26,28)(H,27,29)(H,30,31)(H,32,33). The van der Waals surface area contributed by atoms with Gasteiger partial charge in [-0.1, -0.05) is 23.2 Å². The van der Waals surface area contributed by atoms with Gasteiger partial charge in [0.2, 0.25) is 5.91 Å². The van der Waals surface area contributed by atoms with Crippen LogP contribution in [0, 0.1) is 0 Å². The van der Waals surface area contributed by atoms with Gasteiger partial charge >= 0.3 is 5.97 Å². The second-order valence-corrected chi connectivity index (χ2v) is 7.53. The summed E-state index contributed by atoms with van der Waals surface area (Å²) in [5.41, 5.74) is 1.86. The molecule has 0 aliphatic carbocycles. The van der Waals surface area contributed by atoms with Gasteiger partial charge < -0.3 is 38.1 Å². The van der Waals surface area contributed by atoms with E-state index in [9.17, 15) is 14.4 Å². The molecule has 0 aromatic heterocycles. The Morgan fingerprint density at radius 3 is 2.15 bits per heavy atom. The normalized spacial score (nSPS) is 10.9. The third kappa shape index (κ3) is 8.15. The van der Waals surface area contributed by atoms with E-state index in [1.165, 1.54) is 36.9 Å². The van der Waals surface area contributed by atoms with Gasteiger partial charge in [0.15, 0.2) is 0 Å². The number of benzene rings is 2. The highest BCUT2D eigenvalue weighted by molar-refractivity contribution is 6.37. The van der Waals surface area contributed by atoms with Crippen molar-refractivity contribution in [2.75, 3.05) is 22.5 Å². The van der Waals surface area contributed by atoms with E-state index in [2.05, 4.69) is 31.5 Å². The number of nitrogens with zero attached hydrogens (tertiary/aromatic N) is 2. The van der Waals surface area contributed by atoms with Crippen LogP contribution in [-0.4, -0.2) is 42.1 Å². The number of aryl methyl sites for hydroxylation is 1. The second kappa shape index (κ2) is 12.9. The minimum atomic E-state index is -1.01. The van der Waals surface area contributed by atoms with Gasteiger partial charge in [-0.25, -0.2) is 0 Å². The molecule has 2 rings (SSSR count). The van der Waals surface area contributed by atoms with Crippen molar-refractivity contribution in [3.05, 3.63) is 51.5 Å². The van der Waals surface area contributed by atoms with Crippen LogP contribution in [0.4, 0.5) is 17.1 Å². The average Bonchev–Trinajstić information content (AvgIpc) is 2.80. The van der Waals surface area contributed by atoms with Crippen molar-refractivity contribution < 1.29 is 19.5 Å². The summed E-state index contributed by atoms with van der Waals surface area (Å²) < 4.78 is 0. The molecule has 0 fully saturated rings. The predicted octanol–water partition coefficient (Wildman–Crippen LogP) is 2.01. The highest BCUT2D eigenvalue weighted by Crippen LogP contribution is 2.31. The molecule has 0 saturated carbocycles. The van der Waals surface area contributed by atoms with Crippen LogP contribution >= 0.6 is 23.2 Å². The summed E-state index contributed by atoms with van der Waals surface area (Å²) in [5, 5.41) is 26.7. The maximum Gasteiger partial charge on any atom is 0.303 e. The Morgan fingerprint density at radius 1 is 0.971 bits per heavy atom. The summed E-state index contributed by atoms with van der Waals surface area (Å²) in [7, 11) is 0. The van der Waals surface area contributed by atoms with E-state index in [1.54, 1.807) is 6.07 Å². The SMILES string of the molecule is NN=CNc1cc(NC=NN)cc(C(=O)NCC(=O)Nc2c(Cl)cc(Cl)cc2CCC(=O)O)c1. The Morgan fingerprint density at radius 2 is 1.59 bits per heavy atom. The first kappa shape index (κ1) is 26.2. The molecule has 0 atom stereocenters. The van der Waals surface area contributed by atoms with Crippen LogP contribution in [0.5, 0.6) is 0 Å². The number of hydrogen-bond acceptors (Lipinski definition) is 7. The van der Waals surface area contributed by atoms with Gasteiger partial charge in [-0.2, -0.15) is 10.2 Å². The van der Waals surface area contributed by atoms with Crippen LogP contribution in [-0.2, 0) is 16.0 Å². The maximum absolute atomic E-state index is 12.6. The first-order valence-corrected chi connectivity index (χ1v) is 10.4. The molecular weight excluding hydrogens is 487 g/mol. The maximum atomic E-state index is 12.6. The number of nitrogens with two attached hydrogens (primary N) is 2. The molecule has 0 radical (unpaired) electrons. The van der Waals surface area contributed by atoms with E-state index in [-0.39, 0.29) is 35.7 Å². The molecule has 0 aliphatic rings. The largest absolute Gasteiger partial charge is 0.481 e. The quantitative estimate of drug-likeness (QED) is 0.103. The number of carboxylic acid groups (broad SMARTS) is 1. The molecule has 14 heteroatoms. The summed E-state index contributed by atoms with van der Waals surface area (Å²) in [6.45, 7) is -0.384. The highest BCUT2D eigenvalue weighted by Gasteiger charge is 2.15. The van der Waals surface area contributed by atoms with E-state index in [1.807, 2.05) is 0 Å². The molecule has 0 heterocycles. The van der Waals surface area contributed by atoms with E-state index < -0.39 is 17.8 Å². The summed E-state index contributed by atoms with van der Waals surface area (Å²) in [5.74, 6) is 8.03. The molecule has 0 saturated heterocycles. The van der Waals surface area contributed by atoms with Crippen LogP contribution in [0.15, 0.2) is 40.5 Å². The number of carbonyl (C=O) groups is 3. The van der Waals surface area contributed by atoms with Gasteiger partial charge in [0.25, 0.3) is 5.91 Å². The molecular formula is C20H22Cl2N8O4. The molecule has 34 heavy (non-hydrogen) atoms. The van der Waals surface area contributed by atoms with Gasteiger partial charge in [0.05, 0.1) is 17.3 Å². The summed E-state index contributed by atoms with van der Waals surface area (Å²) in [6.07, 6.45) is 2.37. The highest BCUT2D eigenvalue weighted by atomic mass is 35.5. The minimum Gasteiger partial charge on any atom is -0.481 e. The molecule has 0 bridgehead atoms. The number of carbonyl (C=O) groups excluding carboxylic acids is 2. The number of carboxylic acids is 1. The van der Waals surface area contributed by atoms with E-state index in [0.29, 0.717) is 22.0 Å². The topological polar surface area (TPSA) is 196 Å². The molecule has 2 aromatic carbocycles. The van der Waals surface area contributed by atoms with Crippen molar-refractivity contribution in [3.8, 4) is 0 Å². The molecule has 9 N–H and O–H groups in total. The van der Waals surface area contributed by atoms with Crippen LogP contribution in [0.1, 0.15) is 22.3 Å².